The Bertz CT molecular complexity index is 524. The second-order valence-corrected chi connectivity index (χ2v) is 4.13. The molecule has 0 bridgehead atoms. The average molecular weight is 195 g/mol. The van der Waals surface area contributed by atoms with Crippen LogP contribution in [0.3, 0.4) is 0 Å². The molecule has 0 amide bonds. The molecular weight excluding hydrogens is 182 g/mol. The monoisotopic (exact) mass is 195 g/mol. The lowest BCUT2D eigenvalue weighted by Gasteiger charge is -2.06. The fourth-order valence-electron chi connectivity index (χ4n) is 1.99. The lowest BCUT2D eigenvalue weighted by molar-refractivity contribution is 1.04. The first kappa shape index (κ1) is 8.66. The summed E-state index contributed by atoms with van der Waals surface area (Å²) in [4.78, 5) is 4.74. The van der Waals surface area contributed by atoms with Gasteiger partial charge in [-0.15, -0.1) is 0 Å². The highest BCUT2D eigenvalue weighted by Crippen LogP contribution is 2.41. The fourth-order valence-corrected chi connectivity index (χ4v) is 1.99. The highest BCUT2D eigenvalue weighted by Gasteiger charge is 2.27. The number of aromatic nitrogens is 1. The van der Waals surface area contributed by atoms with Gasteiger partial charge in [0, 0.05) is 11.3 Å². The van der Waals surface area contributed by atoms with Crippen LogP contribution >= 0.6 is 0 Å². The number of nitrogens with zero attached hydrogens (tertiary/aromatic N) is 1. The van der Waals surface area contributed by atoms with E-state index < -0.39 is 0 Å². The Hall–Kier alpha value is -1.63. The Morgan fingerprint density at radius 3 is 2.80 bits per heavy atom. The van der Waals surface area contributed by atoms with E-state index in [1.807, 2.05) is 18.2 Å². The summed E-state index contributed by atoms with van der Waals surface area (Å²) >= 11 is 0. The summed E-state index contributed by atoms with van der Waals surface area (Å²) in [6.45, 7) is 3.87. The van der Waals surface area contributed by atoms with Crippen molar-refractivity contribution in [2.45, 2.75) is 18.8 Å². The fraction of sp³-hybridized carbons (Fsp3) is 0.214. The molecule has 0 N–H and O–H groups in total. The third-order valence-corrected chi connectivity index (χ3v) is 2.97. The SMILES string of the molecule is C=Cc1cc2ccccc2nc1C1CC1. The van der Waals surface area contributed by atoms with E-state index in [4.69, 9.17) is 4.98 Å². The molecule has 3 rings (SSSR count). The van der Waals surface area contributed by atoms with Crippen molar-refractivity contribution in [1.82, 2.24) is 4.98 Å². The van der Waals surface area contributed by atoms with E-state index in [1.165, 1.54) is 29.5 Å². The van der Waals surface area contributed by atoms with Gasteiger partial charge in [0.05, 0.1) is 11.2 Å². The van der Waals surface area contributed by atoms with Crippen LogP contribution < -0.4 is 0 Å². The normalized spacial score (nSPS) is 15.5. The summed E-state index contributed by atoms with van der Waals surface area (Å²) in [5, 5.41) is 1.21. The van der Waals surface area contributed by atoms with Gasteiger partial charge in [-0.2, -0.15) is 0 Å². The third-order valence-electron chi connectivity index (χ3n) is 2.97. The van der Waals surface area contributed by atoms with Gasteiger partial charge < -0.3 is 0 Å². The Morgan fingerprint density at radius 2 is 2.07 bits per heavy atom. The molecule has 1 heteroatoms. The zero-order valence-corrected chi connectivity index (χ0v) is 8.61. The minimum absolute atomic E-state index is 0.683. The molecule has 1 heterocycles. The van der Waals surface area contributed by atoms with Gasteiger partial charge in [0.1, 0.15) is 0 Å². The largest absolute Gasteiger partial charge is 0.252 e. The minimum Gasteiger partial charge on any atom is -0.252 e. The van der Waals surface area contributed by atoms with E-state index in [0.717, 1.165) is 5.52 Å². The number of rotatable bonds is 2. The summed E-state index contributed by atoms with van der Waals surface area (Å²) in [6.07, 6.45) is 4.49. The number of pyridine rings is 1. The molecule has 0 atom stereocenters. The molecule has 0 unspecified atom stereocenters. The van der Waals surface area contributed by atoms with E-state index in [1.54, 1.807) is 0 Å². The van der Waals surface area contributed by atoms with Crippen molar-refractivity contribution in [3.8, 4) is 0 Å². The van der Waals surface area contributed by atoms with Crippen molar-refractivity contribution in [1.29, 1.82) is 0 Å². The summed E-state index contributed by atoms with van der Waals surface area (Å²) in [7, 11) is 0. The second kappa shape index (κ2) is 3.20. The summed E-state index contributed by atoms with van der Waals surface area (Å²) in [6, 6.07) is 10.5. The maximum absolute atomic E-state index is 4.74. The first-order valence-electron chi connectivity index (χ1n) is 5.40. The molecule has 15 heavy (non-hydrogen) atoms. The van der Waals surface area contributed by atoms with Crippen LogP contribution in [-0.2, 0) is 0 Å². The van der Waals surface area contributed by atoms with Gasteiger partial charge in [-0.3, -0.25) is 4.98 Å². The standard InChI is InChI=1S/C14H13N/c1-2-10-9-12-5-3-4-6-13(12)15-14(10)11-7-8-11/h2-6,9,11H,1,7-8H2. The smallest absolute Gasteiger partial charge is 0.0705 e. The van der Waals surface area contributed by atoms with E-state index in [-0.39, 0.29) is 0 Å². The van der Waals surface area contributed by atoms with Crippen LogP contribution in [0.25, 0.3) is 17.0 Å². The molecule has 1 aromatic carbocycles. The number of benzene rings is 1. The molecule has 1 aliphatic rings. The van der Waals surface area contributed by atoms with Crippen LogP contribution in [0.5, 0.6) is 0 Å². The highest BCUT2D eigenvalue weighted by molar-refractivity contribution is 5.81. The van der Waals surface area contributed by atoms with Crippen LogP contribution in [0, 0.1) is 0 Å². The highest BCUT2D eigenvalue weighted by atomic mass is 14.7. The zero-order chi connectivity index (χ0) is 10.3. The number of hydrogen-bond acceptors (Lipinski definition) is 1. The Balaban J connectivity index is 2.28. The molecular formula is C14H13N. The van der Waals surface area contributed by atoms with Crippen LogP contribution in [0.2, 0.25) is 0 Å². The first-order valence-corrected chi connectivity index (χ1v) is 5.40. The number of fused-ring (bicyclic) bond motifs is 1. The molecule has 0 saturated heterocycles. The molecule has 0 spiro atoms. The van der Waals surface area contributed by atoms with E-state index in [9.17, 15) is 0 Å². The summed E-state index contributed by atoms with van der Waals surface area (Å²) in [5.74, 6) is 0.683. The average Bonchev–Trinajstić information content (AvgIpc) is 3.11. The lowest BCUT2D eigenvalue weighted by atomic mass is 10.1. The quantitative estimate of drug-likeness (QED) is 0.711. The maximum Gasteiger partial charge on any atom is 0.0705 e. The van der Waals surface area contributed by atoms with Gasteiger partial charge in [-0.1, -0.05) is 30.9 Å². The second-order valence-electron chi connectivity index (χ2n) is 4.13. The molecule has 1 aromatic heterocycles. The topological polar surface area (TPSA) is 12.9 Å². The molecule has 2 aromatic rings. The van der Waals surface area contributed by atoms with Gasteiger partial charge in [-0.25, -0.2) is 0 Å². The molecule has 1 saturated carbocycles. The van der Waals surface area contributed by atoms with Crippen LogP contribution in [0.4, 0.5) is 0 Å². The lowest BCUT2D eigenvalue weighted by Crippen LogP contribution is -1.92. The maximum atomic E-state index is 4.74. The molecule has 0 aliphatic heterocycles. The van der Waals surface area contributed by atoms with Gasteiger partial charge in [0.25, 0.3) is 0 Å². The Labute approximate surface area is 89.5 Å². The molecule has 1 aliphatic carbocycles. The van der Waals surface area contributed by atoms with E-state index in [2.05, 4.69) is 24.8 Å². The van der Waals surface area contributed by atoms with Gasteiger partial charge in [-0.05, 0) is 30.5 Å². The van der Waals surface area contributed by atoms with Crippen molar-refractivity contribution in [3.63, 3.8) is 0 Å². The predicted octanol–water partition coefficient (Wildman–Crippen LogP) is 3.76. The van der Waals surface area contributed by atoms with Crippen molar-refractivity contribution in [3.05, 3.63) is 48.2 Å². The predicted molar refractivity (Wildman–Crippen MR) is 63.8 cm³/mol. The van der Waals surface area contributed by atoms with Crippen LogP contribution in [0.15, 0.2) is 36.9 Å². The van der Waals surface area contributed by atoms with Crippen molar-refractivity contribution < 1.29 is 0 Å². The minimum atomic E-state index is 0.683. The van der Waals surface area contributed by atoms with E-state index >= 15 is 0 Å². The van der Waals surface area contributed by atoms with Crippen LogP contribution in [-0.4, -0.2) is 4.98 Å². The van der Waals surface area contributed by atoms with Crippen molar-refractivity contribution >= 4 is 17.0 Å². The summed E-state index contributed by atoms with van der Waals surface area (Å²) < 4.78 is 0. The van der Waals surface area contributed by atoms with Gasteiger partial charge >= 0.3 is 0 Å². The number of hydrogen-bond donors (Lipinski definition) is 0. The van der Waals surface area contributed by atoms with Crippen molar-refractivity contribution in [2.24, 2.45) is 0 Å². The molecule has 1 fully saturated rings. The molecule has 0 radical (unpaired) electrons. The number of para-hydroxylation sites is 1. The first-order chi connectivity index (χ1) is 7.38. The molecule has 1 nitrogen and oxygen atoms in total. The Morgan fingerprint density at radius 1 is 1.27 bits per heavy atom. The van der Waals surface area contributed by atoms with Gasteiger partial charge in [0.15, 0.2) is 0 Å². The summed E-state index contributed by atoms with van der Waals surface area (Å²) in [5.41, 5.74) is 3.55. The van der Waals surface area contributed by atoms with Gasteiger partial charge in [0.2, 0.25) is 0 Å². The van der Waals surface area contributed by atoms with Crippen molar-refractivity contribution in [2.75, 3.05) is 0 Å². The Kier molecular flexibility index (Phi) is 1.84. The molecule has 74 valence electrons. The van der Waals surface area contributed by atoms with E-state index in [0.29, 0.717) is 5.92 Å². The zero-order valence-electron chi connectivity index (χ0n) is 8.61. The van der Waals surface area contributed by atoms with Crippen LogP contribution in [0.1, 0.15) is 30.0 Å². The third kappa shape index (κ3) is 1.44.